The lowest BCUT2D eigenvalue weighted by Gasteiger charge is -2.23. The molecule has 1 aromatic heterocycles. The Hall–Kier alpha value is -1.36. The maximum absolute atomic E-state index is 11.8. The number of rotatable bonds is 3. The van der Waals surface area contributed by atoms with Crippen LogP contribution >= 0.6 is 0 Å². The number of nitrogens with one attached hydrogen (secondary N) is 2. The SMILES string of the molecule is Cc1cc(C(=O)NCC2CCCCN2)nn1C. The highest BCUT2D eigenvalue weighted by Crippen LogP contribution is 2.06. The van der Waals surface area contributed by atoms with Crippen LogP contribution < -0.4 is 10.6 Å². The lowest BCUT2D eigenvalue weighted by atomic mass is 10.1. The topological polar surface area (TPSA) is 59.0 Å². The molecule has 1 aliphatic heterocycles. The van der Waals surface area contributed by atoms with E-state index in [1.54, 1.807) is 4.68 Å². The standard InChI is InChI=1S/C12H20N4O/c1-9-7-11(15-16(9)2)12(17)14-8-10-5-3-4-6-13-10/h7,10,13H,3-6,8H2,1-2H3,(H,14,17). The van der Waals surface area contributed by atoms with E-state index in [0.717, 1.165) is 18.7 Å². The van der Waals surface area contributed by atoms with Crippen LogP contribution in [0.25, 0.3) is 0 Å². The zero-order valence-corrected chi connectivity index (χ0v) is 10.5. The maximum Gasteiger partial charge on any atom is 0.271 e. The summed E-state index contributed by atoms with van der Waals surface area (Å²) in [6.07, 6.45) is 3.63. The highest BCUT2D eigenvalue weighted by atomic mass is 16.1. The van der Waals surface area contributed by atoms with Crippen LogP contribution in [0.4, 0.5) is 0 Å². The second kappa shape index (κ2) is 5.31. The van der Waals surface area contributed by atoms with Crippen LogP contribution in [0.2, 0.25) is 0 Å². The molecule has 2 heterocycles. The highest BCUT2D eigenvalue weighted by Gasteiger charge is 2.15. The summed E-state index contributed by atoms with van der Waals surface area (Å²) in [7, 11) is 1.84. The normalized spacial score (nSPS) is 20.2. The Kier molecular flexibility index (Phi) is 3.78. The van der Waals surface area contributed by atoms with Crippen molar-refractivity contribution in [3.05, 3.63) is 17.5 Å². The van der Waals surface area contributed by atoms with Crippen molar-refractivity contribution in [3.8, 4) is 0 Å². The van der Waals surface area contributed by atoms with Gasteiger partial charge in [0.05, 0.1) is 0 Å². The number of hydrogen-bond donors (Lipinski definition) is 2. The number of aromatic nitrogens is 2. The Balaban J connectivity index is 1.84. The molecule has 0 bridgehead atoms. The first-order chi connectivity index (χ1) is 8.16. The summed E-state index contributed by atoms with van der Waals surface area (Å²) >= 11 is 0. The van der Waals surface area contributed by atoms with E-state index in [0.29, 0.717) is 18.3 Å². The molecule has 5 heteroatoms. The minimum absolute atomic E-state index is 0.0823. The number of carbonyl (C=O) groups is 1. The third-order valence-corrected chi connectivity index (χ3v) is 3.27. The van der Waals surface area contributed by atoms with E-state index < -0.39 is 0 Å². The molecular weight excluding hydrogens is 216 g/mol. The smallest absolute Gasteiger partial charge is 0.271 e. The average Bonchev–Trinajstić information content (AvgIpc) is 2.68. The molecule has 5 nitrogen and oxygen atoms in total. The van der Waals surface area contributed by atoms with E-state index >= 15 is 0 Å². The van der Waals surface area contributed by atoms with E-state index in [-0.39, 0.29) is 5.91 Å². The molecule has 17 heavy (non-hydrogen) atoms. The maximum atomic E-state index is 11.8. The molecule has 94 valence electrons. The first-order valence-electron chi connectivity index (χ1n) is 6.19. The van der Waals surface area contributed by atoms with Crippen molar-refractivity contribution in [2.24, 2.45) is 7.05 Å². The van der Waals surface area contributed by atoms with Crippen LogP contribution in [0, 0.1) is 6.92 Å². The van der Waals surface area contributed by atoms with Gasteiger partial charge >= 0.3 is 0 Å². The Labute approximate surface area is 102 Å². The van der Waals surface area contributed by atoms with Crippen molar-refractivity contribution in [1.29, 1.82) is 0 Å². The van der Waals surface area contributed by atoms with Crippen molar-refractivity contribution >= 4 is 5.91 Å². The Morgan fingerprint density at radius 3 is 3.06 bits per heavy atom. The predicted octanol–water partition coefficient (Wildman–Crippen LogP) is 0.600. The zero-order chi connectivity index (χ0) is 12.3. The second-order valence-corrected chi connectivity index (χ2v) is 4.65. The molecule has 0 aromatic carbocycles. The van der Waals surface area contributed by atoms with Crippen LogP contribution in [-0.4, -0.2) is 34.8 Å². The van der Waals surface area contributed by atoms with Crippen molar-refractivity contribution < 1.29 is 4.79 Å². The van der Waals surface area contributed by atoms with Gasteiger partial charge in [-0.15, -0.1) is 0 Å². The van der Waals surface area contributed by atoms with Gasteiger partial charge in [-0.3, -0.25) is 9.48 Å². The number of aryl methyl sites for hydroxylation is 2. The predicted molar refractivity (Wildman–Crippen MR) is 65.9 cm³/mol. The third kappa shape index (κ3) is 3.06. The summed E-state index contributed by atoms with van der Waals surface area (Å²) in [6, 6.07) is 2.22. The molecule has 1 amide bonds. The van der Waals surface area contributed by atoms with E-state index in [2.05, 4.69) is 15.7 Å². The highest BCUT2D eigenvalue weighted by molar-refractivity contribution is 5.92. The van der Waals surface area contributed by atoms with E-state index in [1.807, 2.05) is 20.0 Å². The first kappa shape index (κ1) is 12.1. The van der Waals surface area contributed by atoms with Gasteiger partial charge in [-0.1, -0.05) is 6.42 Å². The van der Waals surface area contributed by atoms with Gasteiger partial charge in [0.25, 0.3) is 5.91 Å². The van der Waals surface area contributed by atoms with E-state index in [9.17, 15) is 4.79 Å². The molecule has 0 radical (unpaired) electrons. The summed E-state index contributed by atoms with van der Waals surface area (Å²) in [5.41, 5.74) is 1.49. The van der Waals surface area contributed by atoms with Crippen molar-refractivity contribution in [3.63, 3.8) is 0 Å². The molecule has 2 N–H and O–H groups in total. The number of amides is 1. The fraction of sp³-hybridized carbons (Fsp3) is 0.667. The number of hydrogen-bond acceptors (Lipinski definition) is 3. The molecule has 1 saturated heterocycles. The summed E-state index contributed by atoms with van der Waals surface area (Å²) < 4.78 is 1.72. The van der Waals surface area contributed by atoms with Crippen LogP contribution in [0.15, 0.2) is 6.07 Å². The number of nitrogens with zero attached hydrogens (tertiary/aromatic N) is 2. The fourth-order valence-electron chi connectivity index (χ4n) is 2.08. The summed E-state index contributed by atoms with van der Waals surface area (Å²) in [5.74, 6) is -0.0823. The van der Waals surface area contributed by atoms with Crippen LogP contribution in [0.3, 0.4) is 0 Å². The molecular formula is C12H20N4O. The van der Waals surface area contributed by atoms with Gasteiger partial charge in [-0.2, -0.15) is 5.10 Å². The molecule has 0 spiro atoms. The number of carbonyl (C=O) groups excluding carboxylic acids is 1. The fourth-order valence-corrected chi connectivity index (χ4v) is 2.08. The summed E-state index contributed by atoms with van der Waals surface area (Å²) in [6.45, 7) is 3.68. The van der Waals surface area contributed by atoms with Crippen LogP contribution in [0.5, 0.6) is 0 Å². The Morgan fingerprint density at radius 1 is 1.65 bits per heavy atom. The minimum Gasteiger partial charge on any atom is -0.349 e. The molecule has 1 fully saturated rings. The number of piperidine rings is 1. The molecule has 1 atom stereocenters. The van der Waals surface area contributed by atoms with Gasteiger partial charge in [0.15, 0.2) is 0 Å². The minimum atomic E-state index is -0.0823. The van der Waals surface area contributed by atoms with Crippen molar-refractivity contribution in [1.82, 2.24) is 20.4 Å². The van der Waals surface area contributed by atoms with Crippen LogP contribution in [-0.2, 0) is 7.05 Å². The lowest BCUT2D eigenvalue weighted by Crippen LogP contribution is -2.43. The monoisotopic (exact) mass is 236 g/mol. The third-order valence-electron chi connectivity index (χ3n) is 3.27. The Morgan fingerprint density at radius 2 is 2.47 bits per heavy atom. The summed E-state index contributed by atoms with van der Waals surface area (Å²) in [5, 5.41) is 10.5. The van der Waals surface area contributed by atoms with E-state index in [1.165, 1.54) is 12.8 Å². The molecule has 1 aliphatic rings. The van der Waals surface area contributed by atoms with Crippen molar-refractivity contribution in [2.45, 2.75) is 32.2 Å². The summed E-state index contributed by atoms with van der Waals surface area (Å²) in [4.78, 5) is 11.8. The largest absolute Gasteiger partial charge is 0.349 e. The average molecular weight is 236 g/mol. The molecule has 1 unspecified atom stereocenters. The van der Waals surface area contributed by atoms with Gasteiger partial charge in [-0.05, 0) is 32.4 Å². The van der Waals surface area contributed by atoms with Gasteiger partial charge in [0.2, 0.25) is 0 Å². The lowest BCUT2D eigenvalue weighted by molar-refractivity contribution is 0.0942. The van der Waals surface area contributed by atoms with Gasteiger partial charge in [-0.25, -0.2) is 0 Å². The van der Waals surface area contributed by atoms with Gasteiger partial charge in [0.1, 0.15) is 5.69 Å². The first-order valence-corrected chi connectivity index (χ1v) is 6.19. The Bertz CT molecular complexity index is 374. The van der Waals surface area contributed by atoms with Gasteiger partial charge in [0, 0.05) is 25.3 Å². The molecule has 0 saturated carbocycles. The zero-order valence-electron chi connectivity index (χ0n) is 10.5. The second-order valence-electron chi connectivity index (χ2n) is 4.65. The van der Waals surface area contributed by atoms with Gasteiger partial charge < -0.3 is 10.6 Å². The van der Waals surface area contributed by atoms with Crippen LogP contribution in [0.1, 0.15) is 35.4 Å². The molecule has 2 rings (SSSR count). The molecule has 1 aromatic rings. The van der Waals surface area contributed by atoms with Crippen molar-refractivity contribution in [2.75, 3.05) is 13.1 Å². The quantitative estimate of drug-likeness (QED) is 0.808. The molecule has 0 aliphatic carbocycles. The van der Waals surface area contributed by atoms with E-state index in [4.69, 9.17) is 0 Å².